The Kier molecular flexibility index (Phi) is 3.65. The molecule has 3 heterocycles. The third-order valence-electron chi connectivity index (χ3n) is 4.66. The highest BCUT2D eigenvalue weighted by Gasteiger charge is 2.31. The molecule has 24 heavy (non-hydrogen) atoms. The SMILES string of the molecule is O=C1Cc2cc(S(=O)(=O)N3CCC(n4cccn4)CC3)ccc2N1. The zero-order valence-corrected chi connectivity index (χ0v) is 13.9. The highest BCUT2D eigenvalue weighted by molar-refractivity contribution is 7.89. The van der Waals surface area contributed by atoms with Gasteiger partial charge in [-0.05, 0) is 42.7 Å². The molecule has 2 aliphatic rings. The molecule has 4 rings (SSSR count). The van der Waals surface area contributed by atoms with Crippen molar-refractivity contribution in [2.75, 3.05) is 18.4 Å². The lowest BCUT2D eigenvalue weighted by atomic mass is 10.1. The Bertz CT molecular complexity index is 869. The van der Waals surface area contributed by atoms with Crippen LogP contribution < -0.4 is 5.32 Å². The average molecular weight is 346 g/mol. The maximum absolute atomic E-state index is 12.9. The molecule has 0 radical (unpaired) electrons. The van der Waals surface area contributed by atoms with Crippen LogP contribution in [0.15, 0.2) is 41.6 Å². The van der Waals surface area contributed by atoms with Gasteiger partial charge in [0, 0.05) is 31.2 Å². The minimum Gasteiger partial charge on any atom is -0.326 e. The van der Waals surface area contributed by atoms with Gasteiger partial charge in [-0.1, -0.05) is 0 Å². The van der Waals surface area contributed by atoms with Crippen molar-refractivity contribution in [3.05, 3.63) is 42.2 Å². The summed E-state index contributed by atoms with van der Waals surface area (Å²) in [6.45, 7) is 0.947. The first kappa shape index (κ1) is 15.3. The summed E-state index contributed by atoms with van der Waals surface area (Å²) in [5, 5.41) is 6.96. The molecule has 0 bridgehead atoms. The van der Waals surface area contributed by atoms with Crippen LogP contribution in [0, 0.1) is 0 Å². The highest BCUT2D eigenvalue weighted by Crippen LogP contribution is 2.30. The maximum Gasteiger partial charge on any atom is 0.243 e. The van der Waals surface area contributed by atoms with Gasteiger partial charge in [0.25, 0.3) is 0 Å². The van der Waals surface area contributed by atoms with E-state index in [-0.39, 0.29) is 23.3 Å². The number of aromatic nitrogens is 2. The third kappa shape index (κ3) is 2.61. The monoisotopic (exact) mass is 346 g/mol. The normalized spacial score (nSPS) is 19.2. The van der Waals surface area contributed by atoms with Gasteiger partial charge in [-0.25, -0.2) is 8.42 Å². The molecule has 0 saturated carbocycles. The van der Waals surface area contributed by atoms with Gasteiger partial charge in [0.1, 0.15) is 0 Å². The van der Waals surface area contributed by atoms with Crippen LogP contribution in [-0.4, -0.2) is 41.5 Å². The molecule has 1 saturated heterocycles. The number of nitrogens with one attached hydrogen (secondary N) is 1. The maximum atomic E-state index is 12.9. The van der Waals surface area contributed by atoms with E-state index in [2.05, 4.69) is 10.4 Å². The van der Waals surface area contributed by atoms with Crippen molar-refractivity contribution in [1.29, 1.82) is 0 Å². The smallest absolute Gasteiger partial charge is 0.243 e. The lowest BCUT2D eigenvalue weighted by Gasteiger charge is -2.31. The lowest BCUT2D eigenvalue weighted by Crippen LogP contribution is -2.39. The van der Waals surface area contributed by atoms with Gasteiger partial charge in [0.2, 0.25) is 15.9 Å². The quantitative estimate of drug-likeness (QED) is 0.910. The number of carbonyl (C=O) groups excluding carboxylic acids is 1. The van der Waals surface area contributed by atoms with Crippen LogP contribution in [0.25, 0.3) is 0 Å². The summed E-state index contributed by atoms with van der Waals surface area (Å²) in [6.07, 6.45) is 5.38. The van der Waals surface area contributed by atoms with Crippen molar-refractivity contribution < 1.29 is 13.2 Å². The fraction of sp³-hybridized carbons (Fsp3) is 0.375. The summed E-state index contributed by atoms with van der Waals surface area (Å²) >= 11 is 0. The van der Waals surface area contributed by atoms with E-state index >= 15 is 0 Å². The second-order valence-corrected chi connectivity index (χ2v) is 8.10. The van der Waals surface area contributed by atoms with E-state index in [0.29, 0.717) is 18.8 Å². The molecule has 1 fully saturated rings. The average Bonchev–Trinajstić information content (AvgIpc) is 3.22. The fourth-order valence-electron chi connectivity index (χ4n) is 3.36. The Labute approximate surface area is 140 Å². The zero-order chi connectivity index (χ0) is 16.7. The second-order valence-electron chi connectivity index (χ2n) is 6.17. The van der Waals surface area contributed by atoms with Crippen molar-refractivity contribution >= 4 is 21.6 Å². The van der Waals surface area contributed by atoms with Crippen molar-refractivity contribution in [1.82, 2.24) is 14.1 Å². The Morgan fingerprint density at radius 1 is 1.21 bits per heavy atom. The number of sulfonamides is 1. The molecule has 1 N–H and O–H groups in total. The van der Waals surface area contributed by atoms with E-state index in [4.69, 9.17) is 0 Å². The van der Waals surface area contributed by atoms with Crippen molar-refractivity contribution in [3.63, 3.8) is 0 Å². The number of rotatable bonds is 3. The minimum atomic E-state index is -3.53. The summed E-state index contributed by atoms with van der Waals surface area (Å²) in [7, 11) is -3.53. The summed E-state index contributed by atoms with van der Waals surface area (Å²) < 4.78 is 29.1. The number of amides is 1. The summed E-state index contributed by atoms with van der Waals surface area (Å²) in [5.74, 6) is -0.0976. The van der Waals surface area contributed by atoms with Crippen LogP contribution in [0.3, 0.4) is 0 Å². The molecule has 2 aliphatic heterocycles. The van der Waals surface area contributed by atoms with Crippen LogP contribution in [0.4, 0.5) is 5.69 Å². The van der Waals surface area contributed by atoms with Gasteiger partial charge < -0.3 is 5.32 Å². The molecule has 2 aromatic rings. The summed E-state index contributed by atoms with van der Waals surface area (Å²) in [6, 6.07) is 6.97. The molecule has 0 aliphatic carbocycles. The Balaban J connectivity index is 1.52. The number of benzene rings is 1. The summed E-state index contributed by atoms with van der Waals surface area (Å²) in [5.41, 5.74) is 1.45. The molecule has 1 amide bonds. The van der Waals surface area contributed by atoms with Gasteiger partial charge in [-0.15, -0.1) is 0 Å². The van der Waals surface area contributed by atoms with Crippen LogP contribution in [0.2, 0.25) is 0 Å². The number of hydrogen-bond donors (Lipinski definition) is 1. The number of hydrogen-bond acceptors (Lipinski definition) is 4. The molecular weight excluding hydrogens is 328 g/mol. The van der Waals surface area contributed by atoms with Crippen LogP contribution >= 0.6 is 0 Å². The van der Waals surface area contributed by atoms with Crippen LogP contribution in [0.5, 0.6) is 0 Å². The van der Waals surface area contributed by atoms with Crippen molar-refractivity contribution in [2.45, 2.75) is 30.2 Å². The lowest BCUT2D eigenvalue weighted by molar-refractivity contribution is -0.115. The Morgan fingerprint density at radius 3 is 2.71 bits per heavy atom. The summed E-state index contributed by atoms with van der Waals surface area (Å²) in [4.78, 5) is 11.7. The molecule has 1 aromatic heterocycles. The third-order valence-corrected chi connectivity index (χ3v) is 6.56. The van der Waals surface area contributed by atoms with Crippen LogP contribution in [-0.2, 0) is 21.2 Å². The Hall–Kier alpha value is -2.19. The first-order valence-electron chi connectivity index (χ1n) is 7.96. The molecule has 7 nitrogen and oxygen atoms in total. The van der Waals surface area contributed by atoms with Gasteiger partial charge in [0.05, 0.1) is 17.4 Å². The van der Waals surface area contributed by atoms with E-state index in [1.807, 2.05) is 16.9 Å². The van der Waals surface area contributed by atoms with Gasteiger partial charge in [-0.3, -0.25) is 9.48 Å². The molecule has 0 unspecified atom stereocenters. The molecular formula is C16H18N4O3S. The van der Waals surface area contributed by atoms with Crippen LogP contribution in [0.1, 0.15) is 24.4 Å². The largest absolute Gasteiger partial charge is 0.326 e. The number of fused-ring (bicyclic) bond motifs is 1. The first-order chi connectivity index (χ1) is 11.5. The van der Waals surface area contributed by atoms with Gasteiger partial charge >= 0.3 is 0 Å². The topological polar surface area (TPSA) is 84.3 Å². The predicted octanol–water partition coefficient (Wildman–Crippen LogP) is 1.40. The Morgan fingerprint density at radius 2 is 2.00 bits per heavy atom. The van der Waals surface area contributed by atoms with Crippen molar-refractivity contribution in [3.8, 4) is 0 Å². The molecule has 8 heteroatoms. The predicted molar refractivity (Wildman–Crippen MR) is 88.0 cm³/mol. The first-order valence-corrected chi connectivity index (χ1v) is 9.40. The standard InChI is InChI=1S/C16H18N4O3S/c21-16-11-12-10-14(2-3-15(12)18-16)24(22,23)19-8-4-13(5-9-19)20-7-1-6-17-20/h1-3,6-7,10,13H,4-5,8-9,11H2,(H,18,21). The van der Waals surface area contributed by atoms with E-state index in [0.717, 1.165) is 18.4 Å². The number of carbonyl (C=O) groups is 1. The van der Waals surface area contributed by atoms with E-state index < -0.39 is 10.0 Å². The molecule has 0 atom stereocenters. The molecule has 126 valence electrons. The molecule has 1 aromatic carbocycles. The highest BCUT2D eigenvalue weighted by atomic mass is 32.2. The van der Waals surface area contributed by atoms with E-state index in [9.17, 15) is 13.2 Å². The minimum absolute atomic E-state index is 0.0976. The van der Waals surface area contributed by atoms with E-state index in [1.54, 1.807) is 24.4 Å². The van der Waals surface area contributed by atoms with Gasteiger partial charge in [0.15, 0.2) is 0 Å². The number of nitrogens with zero attached hydrogens (tertiary/aromatic N) is 3. The van der Waals surface area contributed by atoms with Crippen molar-refractivity contribution in [2.24, 2.45) is 0 Å². The molecule has 0 spiro atoms. The second kappa shape index (κ2) is 5.71. The van der Waals surface area contributed by atoms with Gasteiger partial charge in [-0.2, -0.15) is 9.40 Å². The fourth-order valence-corrected chi connectivity index (χ4v) is 4.88. The zero-order valence-electron chi connectivity index (χ0n) is 13.1. The number of anilines is 1. The number of piperidine rings is 1. The van der Waals surface area contributed by atoms with E-state index in [1.165, 1.54) is 4.31 Å².